The van der Waals surface area contributed by atoms with E-state index in [2.05, 4.69) is 0 Å². The first-order valence-corrected chi connectivity index (χ1v) is 7.29. The number of carbonyl (C=O) groups is 1. The monoisotopic (exact) mass is 250 g/mol. The lowest BCUT2D eigenvalue weighted by atomic mass is 9.69. The van der Waals surface area contributed by atoms with Gasteiger partial charge >= 0.3 is 5.97 Å². The van der Waals surface area contributed by atoms with Gasteiger partial charge in [0.05, 0.1) is 5.41 Å². The van der Waals surface area contributed by atoms with Crippen LogP contribution in [0.2, 0.25) is 0 Å². The molecule has 0 spiro atoms. The number of carboxylic acid groups (broad SMARTS) is 1. The Morgan fingerprint density at radius 1 is 1.29 bits per heavy atom. The van der Waals surface area contributed by atoms with Crippen molar-refractivity contribution in [2.24, 2.45) is 0 Å². The molecule has 1 aliphatic rings. The molecule has 1 N–H and O–H groups in total. The molecule has 2 nitrogen and oxygen atoms in total. The van der Waals surface area contributed by atoms with E-state index in [9.17, 15) is 9.90 Å². The Hall–Kier alpha value is -0.960. The molecule has 0 heterocycles. The van der Waals surface area contributed by atoms with Crippen LogP contribution in [0.5, 0.6) is 0 Å². The predicted molar refractivity (Wildman–Crippen MR) is 70.6 cm³/mol. The molecule has 0 bridgehead atoms. The van der Waals surface area contributed by atoms with Crippen LogP contribution in [0.4, 0.5) is 0 Å². The number of rotatable bonds is 3. The fourth-order valence-corrected chi connectivity index (χ4v) is 3.16. The third-order valence-corrected chi connectivity index (χ3v) is 4.46. The molecule has 1 aliphatic carbocycles. The number of carboxylic acids is 1. The smallest absolute Gasteiger partial charge is 0.314 e. The number of hydrogen-bond acceptors (Lipinski definition) is 2. The molecule has 2 rings (SSSR count). The molecule has 92 valence electrons. The van der Waals surface area contributed by atoms with Crippen molar-refractivity contribution in [3.63, 3.8) is 0 Å². The number of aliphatic carboxylic acids is 1. The SMILES string of the molecule is CSc1cccc(C2(C(=O)O)CCCCC2)c1. The van der Waals surface area contributed by atoms with Gasteiger partial charge < -0.3 is 5.11 Å². The fourth-order valence-electron chi connectivity index (χ4n) is 2.70. The minimum atomic E-state index is -0.657. The molecule has 0 amide bonds. The third-order valence-electron chi connectivity index (χ3n) is 3.74. The summed E-state index contributed by atoms with van der Waals surface area (Å²) in [5, 5.41) is 9.60. The molecular weight excluding hydrogens is 232 g/mol. The van der Waals surface area contributed by atoms with Crippen molar-refractivity contribution in [1.82, 2.24) is 0 Å². The second-order valence-electron chi connectivity index (χ2n) is 4.68. The maximum absolute atomic E-state index is 11.7. The standard InChI is InChI=1S/C14H18O2S/c1-17-12-7-5-6-11(10-12)14(13(15)16)8-3-2-4-9-14/h5-7,10H,2-4,8-9H2,1H3,(H,15,16). The van der Waals surface area contributed by atoms with Crippen LogP contribution in [0.3, 0.4) is 0 Å². The Labute approximate surface area is 106 Å². The Kier molecular flexibility index (Phi) is 3.77. The van der Waals surface area contributed by atoms with Crippen molar-refractivity contribution in [3.8, 4) is 0 Å². The van der Waals surface area contributed by atoms with E-state index in [1.165, 1.54) is 0 Å². The van der Waals surface area contributed by atoms with Crippen LogP contribution in [0.25, 0.3) is 0 Å². The Bertz CT molecular complexity index is 408. The van der Waals surface area contributed by atoms with Gasteiger partial charge in [-0.2, -0.15) is 0 Å². The van der Waals surface area contributed by atoms with E-state index in [-0.39, 0.29) is 0 Å². The lowest BCUT2D eigenvalue weighted by Gasteiger charge is -2.33. The van der Waals surface area contributed by atoms with E-state index in [0.29, 0.717) is 0 Å². The Morgan fingerprint density at radius 3 is 2.59 bits per heavy atom. The van der Waals surface area contributed by atoms with E-state index in [1.54, 1.807) is 11.8 Å². The summed E-state index contributed by atoms with van der Waals surface area (Å²) in [6.45, 7) is 0. The summed E-state index contributed by atoms with van der Waals surface area (Å²) in [7, 11) is 0. The van der Waals surface area contributed by atoms with Crippen molar-refractivity contribution < 1.29 is 9.90 Å². The quantitative estimate of drug-likeness (QED) is 0.831. The van der Waals surface area contributed by atoms with Crippen LogP contribution in [0.15, 0.2) is 29.2 Å². The molecule has 1 fully saturated rings. The summed E-state index contributed by atoms with van der Waals surface area (Å²) >= 11 is 1.66. The summed E-state index contributed by atoms with van der Waals surface area (Å²) in [6.07, 6.45) is 6.79. The maximum atomic E-state index is 11.7. The molecule has 0 aromatic heterocycles. The first-order chi connectivity index (χ1) is 8.19. The van der Waals surface area contributed by atoms with Crippen molar-refractivity contribution in [2.75, 3.05) is 6.26 Å². The highest BCUT2D eigenvalue weighted by atomic mass is 32.2. The third kappa shape index (κ3) is 2.34. The average molecular weight is 250 g/mol. The van der Waals surface area contributed by atoms with Gasteiger partial charge in [0, 0.05) is 4.90 Å². The maximum Gasteiger partial charge on any atom is 0.314 e. The van der Waals surface area contributed by atoms with Crippen molar-refractivity contribution in [3.05, 3.63) is 29.8 Å². The fraction of sp³-hybridized carbons (Fsp3) is 0.500. The molecule has 0 atom stereocenters. The molecule has 0 radical (unpaired) electrons. The van der Waals surface area contributed by atoms with Crippen molar-refractivity contribution in [1.29, 1.82) is 0 Å². The van der Waals surface area contributed by atoms with Crippen LogP contribution < -0.4 is 0 Å². The minimum Gasteiger partial charge on any atom is -0.481 e. The topological polar surface area (TPSA) is 37.3 Å². The highest BCUT2D eigenvalue weighted by Gasteiger charge is 2.41. The Morgan fingerprint density at radius 2 is 2.00 bits per heavy atom. The second kappa shape index (κ2) is 5.13. The summed E-state index contributed by atoms with van der Waals surface area (Å²) in [5.41, 5.74) is 0.348. The number of benzene rings is 1. The van der Waals surface area contributed by atoms with Crippen LogP contribution >= 0.6 is 11.8 Å². The van der Waals surface area contributed by atoms with Gasteiger partial charge in [-0.1, -0.05) is 31.4 Å². The molecule has 1 saturated carbocycles. The van der Waals surface area contributed by atoms with Gasteiger partial charge in [0.15, 0.2) is 0 Å². The second-order valence-corrected chi connectivity index (χ2v) is 5.56. The van der Waals surface area contributed by atoms with Crippen LogP contribution in [-0.4, -0.2) is 17.3 Å². The van der Waals surface area contributed by atoms with Gasteiger partial charge in [-0.25, -0.2) is 0 Å². The van der Waals surface area contributed by atoms with Gasteiger partial charge in [0.25, 0.3) is 0 Å². The summed E-state index contributed by atoms with van der Waals surface area (Å²) in [6, 6.07) is 8.02. The predicted octanol–water partition coefficient (Wildman–Crippen LogP) is 3.70. The van der Waals surface area contributed by atoms with Crippen molar-refractivity contribution >= 4 is 17.7 Å². The minimum absolute atomic E-state index is 0.635. The van der Waals surface area contributed by atoms with Crippen LogP contribution in [-0.2, 0) is 10.2 Å². The summed E-state index contributed by atoms with van der Waals surface area (Å²) < 4.78 is 0. The molecular formula is C14H18O2S. The van der Waals surface area contributed by atoms with E-state index < -0.39 is 11.4 Å². The molecule has 0 unspecified atom stereocenters. The van der Waals surface area contributed by atoms with Crippen LogP contribution in [0.1, 0.15) is 37.7 Å². The first kappa shape index (κ1) is 12.5. The normalized spacial score (nSPS) is 18.9. The lowest BCUT2D eigenvalue weighted by Crippen LogP contribution is -2.37. The molecule has 17 heavy (non-hydrogen) atoms. The molecule has 0 saturated heterocycles. The molecule has 1 aromatic carbocycles. The van der Waals surface area contributed by atoms with Gasteiger partial charge in [-0.15, -0.1) is 11.8 Å². The largest absolute Gasteiger partial charge is 0.481 e. The van der Waals surface area contributed by atoms with E-state index in [1.807, 2.05) is 30.5 Å². The van der Waals surface area contributed by atoms with Crippen LogP contribution in [0, 0.1) is 0 Å². The highest BCUT2D eigenvalue weighted by Crippen LogP contribution is 2.40. The summed E-state index contributed by atoms with van der Waals surface area (Å²) in [4.78, 5) is 12.8. The number of hydrogen-bond donors (Lipinski definition) is 1. The van der Waals surface area contributed by atoms with Crippen molar-refractivity contribution in [2.45, 2.75) is 42.4 Å². The first-order valence-electron chi connectivity index (χ1n) is 6.07. The Balaban J connectivity index is 2.41. The zero-order chi connectivity index (χ0) is 12.3. The zero-order valence-electron chi connectivity index (χ0n) is 10.1. The van der Waals surface area contributed by atoms with E-state index >= 15 is 0 Å². The molecule has 1 aromatic rings. The number of thioether (sulfide) groups is 1. The van der Waals surface area contributed by atoms with E-state index in [4.69, 9.17) is 0 Å². The van der Waals surface area contributed by atoms with Gasteiger partial charge in [-0.3, -0.25) is 4.79 Å². The van der Waals surface area contributed by atoms with Gasteiger partial charge in [-0.05, 0) is 36.8 Å². The average Bonchev–Trinajstić information content (AvgIpc) is 2.39. The summed E-state index contributed by atoms with van der Waals surface area (Å²) in [5.74, 6) is -0.657. The van der Waals surface area contributed by atoms with Gasteiger partial charge in [0.2, 0.25) is 0 Å². The molecule has 3 heteroatoms. The zero-order valence-corrected chi connectivity index (χ0v) is 10.9. The molecule has 0 aliphatic heterocycles. The lowest BCUT2D eigenvalue weighted by molar-refractivity contribution is -0.145. The van der Waals surface area contributed by atoms with E-state index in [0.717, 1.165) is 42.6 Å². The highest BCUT2D eigenvalue weighted by molar-refractivity contribution is 7.98. The van der Waals surface area contributed by atoms with Gasteiger partial charge in [0.1, 0.15) is 0 Å².